The van der Waals surface area contributed by atoms with Crippen LogP contribution in [0.5, 0.6) is 5.88 Å². The molecule has 3 aromatic rings. The van der Waals surface area contributed by atoms with Crippen molar-refractivity contribution in [3.05, 3.63) is 46.7 Å². The number of benzene rings is 1. The first-order chi connectivity index (χ1) is 11.3. The lowest BCUT2D eigenvalue weighted by Crippen LogP contribution is -2.26. The van der Waals surface area contributed by atoms with E-state index >= 15 is 0 Å². The molecule has 0 spiro atoms. The van der Waals surface area contributed by atoms with Crippen molar-refractivity contribution in [1.82, 2.24) is 9.97 Å². The maximum Gasteiger partial charge on any atom is 0.266 e. The first-order valence-corrected chi connectivity index (χ1v) is 8.99. The van der Waals surface area contributed by atoms with Crippen molar-refractivity contribution >= 4 is 49.8 Å². The van der Waals surface area contributed by atoms with Crippen molar-refractivity contribution in [2.24, 2.45) is 0 Å². The van der Waals surface area contributed by atoms with Crippen molar-refractivity contribution < 1.29 is 13.2 Å². The van der Waals surface area contributed by atoms with E-state index in [1.807, 2.05) is 0 Å². The molecule has 1 N–H and O–H groups in total. The minimum Gasteiger partial charge on any atom is -0.481 e. The Morgan fingerprint density at radius 1 is 1.21 bits per heavy atom. The zero-order valence-corrected chi connectivity index (χ0v) is 15.1. The van der Waals surface area contributed by atoms with E-state index in [0.29, 0.717) is 27.5 Å². The number of H-pyrrole nitrogens is 1. The summed E-state index contributed by atoms with van der Waals surface area (Å²) < 4.78 is 32.0. The van der Waals surface area contributed by atoms with E-state index in [0.717, 1.165) is 4.31 Å². The molecule has 126 valence electrons. The normalized spacial score (nSPS) is 11.7. The molecule has 0 amide bonds. The average molecular weight is 386 g/mol. The highest BCUT2D eigenvalue weighted by Gasteiger charge is 2.25. The summed E-state index contributed by atoms with van der Waals surface area (Å²) in [6.07, 6.45) is 2.84. The van der Waals surface area contributed by atoms with E-state index in [2.05, 4.69) is 9.97 Å². The second-order valence-electron chi connectivity index (χ2n) is 5.00. The summed E-state index contributed by atoms with van der Waals surface area (Å²) in [7, 11) is -0.862. The molecule has 1 aromatic carbocycles. The minimum absolute atomic E-state index is 0.106. The predicted octanol–water partition coefficient (Wildman–Crippen LogP) is 3.70. The number of fused-ring (bicyclic) bond motifs is 1. The molecular weight excluding hydrogens is 373 g/mol. The molecule has 0 aliphatic carbocycles. The number of rotatable bonds is 4. The molecule has 0 aliphatic heterocycles. The van der Waals surface area contributed by atoms with Gasteiger partial charge in [-0.25, -0.2) is 13.4 Å². The van der Waals surface area contributed by atoms with Gasteiger partial charge in [-0.05, 0) is 18.2 Å². The number of nitrogens with zero attached hydrogens (tertiary/aromatic N) is 2. The molecule has 3 rings (SSSR count). The minimum atomic E-state index is -3.80. The van der Waals surface area contributed by atoms with E-state index in [4.69, 9.17) is 27.9 Å². The number of halogens is 2. The van der Waals surface area contributed by atoms with Crippen molar-refractivity contribution in [1.29, 1.82) is 0 Å². The number of aromatic nitrogens is 2. The Balaban J connectivity index is 2.08. The number of ether oxygens (including phenoxy) is 1. The quantitative estimate of drug-likeness (QED) is 0.742. The number of sulfonamides is 1. The second kappa shape index (κ2) is 6.16. The van der Waals surface area contributed by atoms with Gasteiger partial charge in [0, 0.05) is 30.2 Å². The van der Waals surface area contributed by atoms with Crippen LogP contribution in [0.3, 0.4) is 0 Å². The number of hydrogen-bond donors (Lipinski definition) is 1. The first-order valence-electron chi connectivity index (χ1n) is 6.79. The molecule has 0 unspecified atom stereocenters. The van der Waals surface area contributed by atoms with Crippen molar-refractivity contribution in [3.63, 3.8) is 0 Å². The zero-order valence-electron chi connectivity index (χ0n) is 12.7. The van der Waals surface area contributed by atoms with Gasteiger partial charge in [0.1, 0.15) is 4.90 Å². The largest absolute Gasteiger partial charge is 0.481 e. The standard InChI is InChI=1S/C15H13Cl2N3O3S/c1-20(9-3-4-15(23-2)19-7-9)24(21,22)14-8-18-13-6-12(17)11(16)5-10(13)14/h3-8,18H,1-2H3. The Bertz CT molecular complexity index is 1000. The van der Waals surface area contributed by atoms with Crippen LogP contribution in [-0.2, 0) is 10.0 Å². The molecule has 0 radical (unpaired) electrons. The topological polar surface area (TPSA) is 75.3 Å². The Hall–Kier alpha value is -1.96. The summed E-state index contributed by atoms with van der Waals surface area (Å²) >= 11 is 12.0. The summed E-state index contributed by atoms with van der Waals surface area (Å²) in [5.74, 6) is 0.401. The molecule has 0 saturated carbocycles. The van der Waals surface area contributed by atoms with Crippen molar-refractivity contribution in [3.8, 4) is 5.88 Å². The van der Waals surface area contributed by atoms with Crippen molar-refractivity contribution in [2.75, 3.05) is 18.5 Å². The number of nitrogens with one attached hydrogen (secondary N) is 1. The number of pyridine rings is 1. The molecule has 24 heavy (non-hydrogen) atoms. The Kier molecular flexibility index (Phi) is 4.33. The van der Waals surface area contributed by atoms with E-state index in [1.54, 1.807) is 18.2 Å². The summed E-state index contributed by atoms with van der Waals surface area (Å²) in [6, 6.07) is 6.32. The van der Waals surface area contributed by atoms with E-state index < -0.39 is 10.0 Å². The summed E-state index contributed by atoms with van der Waals surface area (Å²) in [5.41, 5.74) is 0.995. The Labute approximate surface area is 149 Å². The first kappa shape index (κ1) is 16.9. The highest BCUT2D eigenvalue weighted by Crippen LogP contribution is 2.33. The third kappa shape index (κ3) is 2.79. The fraction of sp³-hybridized carbons (Fsp3) is 0.133. The second-order valence-corrected chi connectivity index (χ2v) is 7.75. The van der Waals surface area contributed by atoms with Crippen LogP contribution in [0.4, 0.5) is 5.69 Å². The van der Waals surface area contributed by atoms with Gasteiger partial charge in [-0.15, -0.1) is 0 Å². The van der Waals surface area contributed by atoms with Gasteiger partial charge in [0.15, 0.2) is 0 Å². The van der Waals surface area contributed by atoms with Crippen LogP contribution in [0.15, 0.2) is 41.6 Å². The average Bonchev–Trinajstić information content (AvgIpc) is 2.98. The van der Waals surface area contributed by atoms with Gasteiger partial charge >= 0.3 is 0 Å². The highest BCUT2D eigenvalue weighted by atomic mass is 35.5. The molecule has 2 heterocycles. The molecule has 0 saturated heterocycles. The van der Waals surface area contributed by atoms with E-state index in [-0.39, 0.29) is 9.92 Å². The van der Waals surface area contributed by atoms with Crippen LogP contribution in [0.2, 0.25) is 10.0 Å². The van der Waals surface area contributed by atoms with Crippen LogP contribution in [0.1, 0.15) is 0 Å². The third-order valence-electron chi connectivity index (χ3n) is 3.62. The molecular formula is C15H13Cl2N3O3S. The number of hydrogen-bond acceptors (Lipinski definition) is 4. The molecule has 6 nitrogen and oxygen atoms in total. The lowest BCUT2D eigenvalue weighted by Gasteiger charge is -2.18. The molecule has 2 aromatic heterocycles. The number of aromatic amines is 1. The predicted molar refractivity (Wildman–Crippen MR) is 94.7 cm³/mol. The van der Waals surface area contributed by atoms with Crippen LogP contribution < -0.4 is 9.04 Å². The van der Waals surface area contributed by atoms with Crippen LogP contribution in [0, 0.1) is 0 Å². The summed E-state index contributed by atoms with van der Waals surface area (Å²) in [4.78, 5) is 7.03. The number of anilines is 1. The fourth-order valence-electron chi connectivity index (χ4n) is 2.27. The van der Waals surface area contributed by atoms with Gasteiger partial charge < -0.3 is 9.72 Å². The molecule has 9 heteroatoms. The lowest BCUT2D eigenvalue weighted by molar-refractivity contribution is 0.398. The molecule has 0 atom stereocenters. The van der Waals surface area contributed by atoms with Crippen molar-refractivity contribution in [2.45, 2.75) is 4.90 Å². The smallest absolute Gasteiger partial charge is 0.266 e. The Morgan fingerprint density at radius 2 is 1.92 bits per heavy atom. The van der Waals surface area contributed by atoms with Gasteiger partial charge in [0.05, 0.1) is 29.0 Å². The highest BCUT2D eigenvalue weighted by molar-refractivity contribution is 7.93. The van der Waals surface area contributed by atoms with E-state index in [9.17, 15) is 8.42 Å². The van der Waals surface area contributed by atoms with Crippen LogP contribution in [0.25, 0.3) is 10.9 Å². The van der Waals surface area contributed by atoms with Gasteiger partial charge in [0.25, 0.3) is 10.0 Å². The number of methoxy groups -OCH3 is 1. The Morgan fingerprint density at radius 3 is 2.54 bits per heavy atom. The van der Waals surface area contributed by atoms with Crippen LogP contribution >= 0.6 is 23.2 Å². The lowest BCUT2D eigenvalue weighted by atomic mass is 10.2. The summed E-state index contributed by atoms with van der Waals surface area (Å²) in [6.45, 7) is 0. The zero-order chi connectivity index (χ0) is 17.5. The fourth-order valence-corrected chi connectivity index (χ4v) is 3.93. The maximum absolute atomic E-state index is 12.9. The third-order valence-corrected chi connectivity index (χ3v) is 6.16. The van der Waals surface area contributed by atoms with Crippen LogP contribution in [-0.4, -0.2) is 32.5 Å². The van der Waals surface area contributed by atoms with Gasteiger partial charge in [-0.1, -0.05) is 23.2 Å². The maximum atomic E-state index is 12.9. The van der Waals surface area contributed by atoms with Gasteiger partial charge in [-0.2, -0.15) is 0 Å². The monoisotopic (exact) mass is 385 g/mol. The summed E-state index contributed by atoms with van der Waals surface area (Å²) in [5, 5.41) is 1.11. The molecule has 0 fully saturated rings. The SMILES string of the molecule is COc1ccc(N(C)S(=O)(=O)c2c[nH]c3cc(Cl)c(Cl)cc23)cn1. The molecule has 0 bridgehead atoms. The molecule has 0 aliphatic rings. The van der Waals surface area contributed by atoms with E-state index in [1.165, 1.54) is 32.6 Å². The van der Waals surface area contributed by atoms with Gasteiger partial charge in [-0.3, -0.25) is 4.31 Å². The van der Waals surface area contributed by atoms with Gasteiger partial charge in [0.2, 0.25) is 5.88 Å².